The van der Waals surface area contributed by atoms with Gasteiger partial charge in [-0.15, -0.1) is 0 Å². The Morgan fingerprint density at radius 1 is 0.742 bits per heavy atom. The molecule has 5 nitrogen and oxygen atoms in total. The number of benzene rings is 3. The van der Waals surface area contributed by atoms with E-state index < -0.39 is 11.8 Å². The molecule has 0 fully saturated rings. The molecular formula is C21H13Cl5N2O3. The number of hydrogen-bond acceptors (Lipinski definition) is 3. The van der Waals surface area contributed by atoms with Gasteiger partial charge in [-0.25, -0.2) is 0 Å². The summed E-state index contributed by atoms with van der Waals surface area (Å²) in [4.78, 5) is 24.5. The molecule has 0 bridgehead atoms. The van der Waals surface area contributed by atoms with Crippen molar-refractivity contribution in [1.29, 1.82) is 0 Å². The molecule has 0 spiro atoms. The zero-order valence-electron chi connectivity index (χ0n) is 15.5. The number of rotatable bonds is 6. The van der Waals surface area contributed by atoms with Gasteiger partial charge in [-0.2, -0.15) is 0 Å². The molecule has 2 amide bonds. The highest BCUT2D eigenvalue weighted by Crippen LogP contribution is 2.34. The van der Waals surface area contributed by atoms with Crippen LogP contribution in [0.1, 0.15) is 10.4 Å². The minimum Gasteiger partial charge on any atom is -0.484 e. The van der Waals surface area contributed by atoms with E-state index >= 15 is 0 Å². The average molecular weight is 519 g/mol. The van der Waals surface area contributed by atoms with E-state index in [0.29, 0.717) is 32.1 Å². The standard InChI is InChI=1S/C21H13Cl5N2O3/c22-12-3-6-15(24)18(9-12)27-19(29)10-31-14-4-1-11(2-5-14)21(30)28-20-16(25)7-13(23)8-17(20)26/h1-9H,10H2,(H,27,29)(H,28,30). The van der Waals surface area contributed by atoms with Gasteiger partial charge in [-0.3, -0.25) is 9.59 Å². The Balaban J connectivity index is 1.58. The smallest absolute Gasteiger partial charge is 0.262 e. The molecule has 3 rings (SSSR count). The van der Waals surface area contributed by atoms with Gasteiger partial charge in [0.25, 0.3) is 11.8 Å². The third-order valence-electron chi connectivity index (χ3n) is 3.93. The Hall–Kier alpha value is -2.15. The van der Waals surface area contributed by atoms with Crippen LogP contribution in [0.3, 0.4) is 0 Å². The Morgan fingerprint density at radius 3 is 2.03 bits per heavy atom. The monoisotopic (exact) mass is 516 g/mol. The second-order valence-electron chi connectivity index (χ2n) is 6.18. The van der Waals surface area contributed by atoms with E-state index in [1.807, 2.05) is 0 Å². The fourth-order valence-electron chi connectivity index (χ4n) is 2.48. The van der Waals surface area contributed by atoms with Crippen LogP contribution in [-0.4, -0.2) is 18.4 Å². The third kappa shape index (κ3) is 6.42. The lowest BCUT2D eigenvalue weighted by Crippen LogP contribution is -2.20. The molecule has 0 aliphatic carbocycles. The van der Waals surface area contributed by atoms with Gasteiger partial charge in [-0.05, 0) is 54.6 Å². The summed E-state index contributed by atoms with van der Waals surface area (Å²) >= 11 is 29.9. The molecule has 2 N–H and O–H groups in total. The molecule has 0 aliphatic heterocycles. The Bertz CT molecular complexity index is 1110. The first-order chi connectivity index (χ1) is 14.7. The molecule has 0 saturated heterocycles. The summed E-state index contributed by atoms with van der Waals surface area (Å²) in [5, 5.41) is 6.84. The van der Waals surface area contributed by atoms with Crippen molar-refractivity contribution in [3.8, 4) is 5.75 Å². The first-order valence-electron chi connectivity index (χ1n) is 8.66. The Labute approximate surface area is 203 Å². The van der Waals surface area contributed by atoms with Crippen molar-refractivity contribution in [3.63, 3.8) is 0 Å². The number of nitrogens with one attached hydrogen (secondary N) is 2. The first-order valence-corrected chi connectivity index (χ1v) is 10.6. The van der Waals surface area contributed by atoms with Crippen LogP contribution in [-0.2, 0) is 4.79 Å². The van der Waals surface area contributed by atoms with E-state index in [4.69, 9.17) is 62.7 Å². The van der Waals surface area contributed by atoms with Crippen molar-refractivity contribution in [2.45, 2.75) is 0 Å². The van der Waals surface area contributed by atoms with Gasteiger partial charge in [-0.1, -0.05) is 58.0 Å². The first kappa shape index (κ1) is 23.5. The predicted octanol–water partition coefficient (Wildman–Crippen LogP) is 7.22. The second-order valence-corrected chi connectivity index (χ2v) is 8.28. The van der Waals surface area contributed by atoms with Crippen molar-refractivity contribution < 1.29 is 14.3 Å². The van der Waals surface area contributed by atoms with Crippen LogP contribution in [0.5, 0.6) is 5.75 Å². The minimum absolute atomic E-state index is 0.219. The molecular weight excluding hydrogens is 506 g/mol. The van der Waals surface area contributed by atoms with Gasteiger partial charge in [0.1, 0.15) is 5.75 Å². The number of carbonyl (C=O) groups is 2. The van der Waals surface area contributed by atoms with Crippen molar-refractivity contribution in [1.82, 2.24) is 0 Å². The van der Waals surface area contributed by atoms with Gasteiger partial charge in [0, 0.05) is 15.6 Å². The summed E-state index contributed by atoms with van der Waals surface area (Å²) < 4.78 is 5.44. The van der Waals surface area contributed by atoms with E-state index in [2.05, 4.69) is 10.6 Å². The highest BCUT2D eigenvalue weighted by atomic mass is 35.5. The Kier molecular flexibility index (Phi) is 7.92. The molecule has 0 aromatic heterocycles. The molecule has 0 aliphatic rings. The molecule has 0 radical (unpaired) electrons. The summed E-state index contributed by atoms with van der Waals surface area (Å²) in [6, 6.07) is 13.9. The molecule has 3 aromatic carbocycles. The van der Waals surface area contributed by atoms with Crippen LogP contribution in [0.15, 0.2) is 54.6 Å². The number of ether oxygens (including phenoxy) is 1. The molecule has 0 atom stereocenters. The van der Waals surface area contributed by atoms with E-state index in [0.717, 1.165) is 0 Å². The third-order valence-corrected chi connectivity index (χ3v) is 5.31. The summed E-state index contributed by atoms with van der Waals surface area (Å²) in [6.07, 6.45) is 0. The van der Waals surface area contributed by atoms with Crippen LogP contribution in [0, 0.1) is 0 Å². The predicted molar refractivity (Wildman–Crippen MR) is 126 cm³/mol. The van der Waals surface area contributed by atoms with E-state index in [1.54, 1.807) is 24.3 Å². The van der Waals surface area contributed by atoms with Gasteiger partial charge in [0.05, 0.1) is 26.4 Å². The van der Waals surface area contributed by atoms with Crippen molar-refractivity contribution in [2.75, 3.05) is 17.2 Å². The highest BCUT2D eigenvalue weighted by molar-refractivity contribution is 6.42. The molecule has 0 saturated carbocycles. The zero-order chi connectivity index (χ0) is 22.5. The molecule has 31 heavy (non-hydrogen) atoms. The van der Waals surface area contributed by atoms with Crippen molar-refractivity contribution in [2.24, 2.45) is 0 Å². The number of anilines is 2. The quantitative estimate of drug-likeness (QED) is 0.362. The maximum atomic E-state index is 12.5. The molecule has 10 heteroatoms. The maximum absolute atomic E-state index is 12.5. The zero-order valence-corrected chi connectivity index (χ0v) is 19.3. The van der Waals surface area contributed by atoms with E-state index in [1.165, 1.54) is 30.3 Å². The largest absolute Gasteiger partial charge is 0.484 e. The number of hydrogen-bond donors (Lipinski definition) is 2. The van der Waals surface area contributed by atoms with Crippen LogP contribution in [0.4, 0.5) is 11.4 Å². The topological polar surface area (TPSA) is 67.4 Å². The average Bonchev–Trinajstić information content (AvgIpc) is 2.72. The maximum Gasteiger partial charge on any atom is 0.262 e. The lowest BCUT2D eigenvalue weighted by Gasteiger charge is -2.11. The van der Waals surface area contributed by atoms with E-state index in [9.17, 15) is 9.59 Å². The number of amides is 2. The van der Waals surface area contributed by atoms with Crippen LogP contribution in [0.25, 0.3) is 0 Å². The van der Waals surface area contributed by atoms with Gasteiger partial charge in [0.2, 0.25) is 0 Å². The van der Waals surface area contributed by atoms with Crippen LogP contribution < -0.4 is 15.4 Å². The normalized spacial score (nSPS) is 10.5. The fraction of sp³-hybridized carbons (Fsp3) is 0.0476. The van der Waals surface area contributed by atoms with Gasteiger partial charge >= 0.3 is 0 Å². The lowest BCUT2D eigenvalue weighted by atomic mass is 10.2. The molecule has 160 valence electrons. The Morgan fingerprint density at radius 2 is 1.39 bits per heavy atom. The highest BCUT2D eigenvalue weighted by Gasteiger charge is 2.13. The molecule has 3 aromatic rings. The summed E-state index contributed by atoms with van der Waals surface area (Å²) in [7, 11) is 0. The SMILES string of the molecule is O=C(COc1ccc(C(=O)Nc2c(Cl)cc(Cl)cc2Cl)cc1)Nc1cc(Cl)ccc1Cl. The van der Waals surface area contributed by atoms with Crippen molar-refractivity contribution in [3.05, 3.63) is 85.3 Å². The summed E-state index contributed by atoms with van der Waals surface area (Å²) in [5.41, 5.74) is 0.980. The summed E-state index contributed by atoms with van der Waals surface area (Å²) in [5.74, 6) is -0.449. The van der Waals surface area contributed by atoms with Gasteiger partial charge < -0.3 is 15.4 Å². The van der Waals surface area contributed by atoms with Crippen LogP contribution in [0.2, 0.25) is 25.1 Å². The molecule has 0 heterocycles. The molecule has 0 unspecified atom stereocenters. The van der Waals surface area contributed by atoms with E-state index in [-0.39, 0.29) is 22.3 Å². The lowest BCUT2D eigenvalue weighted by molar-refractivity contribution is -0.118. The number of carbonyl (C=O) groups excluding carboxylic acids is 2. The second kappa shape index (κ2) is 10.4. The fourth-order valence-corrected chi connectivity index (χ4v) is 3.73. The number of halogens is 5. The minimum atomic E-state index is -0.425. The van der Waals surface area contributed by atoms with Crippen LogP contribution >= 0.6 is 58.0 Å². The van der Waals surface area contributed by atoms with Crippen molar-refractivity contribution >= 4 is 81.2 Å². The summed E-state index contributed by atoms with van der Waals surface area (Å²) in [6.45, 7) is -0.260. The van der Waals surface area contributed by atoms with Gasteiger partial charge in [0.15, 0.2) is 6.61 Å².